The van der Waals surface area contributed by atoms with E-state index in [1.54, 1.807) is 12.1 Å². The van der Waals surface area contributed by atoms with Gasteiger partial charge in [-0.15, -0.1) is 11.3 Å². The molecule has 0 atom stereocenters. The first-order valence-corrected chi connectivity index (χ1v) is 9.48. The summed E-state index contributed by atoms with van der Waals surface area (Å²) in [6.45, 7) is 3.68. The second-order valence-corrected chi connectivity index (χ2v) is 7.30. The Morgan fingerprint density at radius 3 is 2.60 bits per heavy atom. The summed E-state index contributed by atoms with van der Waals surface area (Å²) in [7, 11) is 0. The van der Waals surface area contributed by atoms with Gasteiger partial charge < -0.3 is 10.2 Å². The SMILES string of the molecule is O=C(CCN1CCN(C(=O)c2cccs2)CC1)Nc1cccc(Cl)c1. The van der Waals surface area contributed by atoms with E-state index in [1.165, 1.54) is 11.3 Å². The molecule has 1 aromatic carbocycles. The summed E-state index contributed by atoms with van der Waals surface area (Å²) >= 11 is 7.39. The number of thiophene rings is 1. The fourth-order valence-electron chi connectivity index (χ4n) is 2.78. The minimum Gasteiger partial charge on any atom is -0.335 e. The van der Waals surface area contributed by atoms with Crippen molar-refractivity contribution in [1.82, 2.24) is 9.80 Å². The fourth-order valence-corrected chi connectivity index (χ4v) is 3.66. The standard InChI is InChI=1S/C18H20ClN3O2S/c19-14-3-1-4-15(13-14)20-17(23)6-7-21-8-10-22(11-9-21)18(24)16-5-2-12-25-16/h1-5,12-13H,6-11H2,(H,20,23). The van der Waals surface area contributed by atoms with Crippen LogP contribution in [0, 0.1) is 0 Å². The molecule has 5 nitrogen and oxygen atoms in total. The highest BCUT2D eigenvalue weighted by Crippen LogP contribution is 2.16. The smallest absolute Gasteiger partial charge is 0.264 e. The summed E-state index contributed by atoms with van der Waals surface area (Å²) in [6, 6.07) is 10.9. The highest BCUT2D eigenvalue weighted by molar-refractivity contribution is 7.12. The first-order chi connectivity index (χ1) is 12.1. The fraction of sp³-hybridized carbons (Fsp3) is 0.333. The number of piperazine rings is 1. The molecule has 0 radical (unpaired) electrons. The van der Waals surface area contributed by atoms with E-state index in [0.717, 1.165) is 18.0 Å². The van der Waals surface area contributed by atoms with Gasteiger partial charge in [0.05, 0.1) is 4.88 Å². The van der Waals surface area contributed by atoms with Crippen LogP contribution < -0.4 is 5.32 Å². The molecule has 1 saturated heterocycles. The number of carbonyl (C=O) groups excluding carboxylic acids is 2. The van der Waals surface area contributed by atoms with Gasteiger partial charge in [-0.05, 0) is 29.6 Å². The molecule has 1 aliphatic rings. The molecule has 2 amide bonds. The lowest BCUT2D eigenvalue weighted by molar-refractivity contribution is -0.116. The molecule has 1 aromatic heterocycles. The van der Waals surface area contributed by atoms with E-state index < -0.39 is 0 Å². The summed E-state index contributed by atoms with van der Waals surface area (Å²) in [5, 5.41) is 5.37. The number of benzene rings is 1. The van der Waals surface area contributed by atoms with Crippen LogP contribution in [0.15, 0.2) is 41.8 Å². The van der Waals surface area contributed by atoms with Crippen LogP contribution in [0.5, 0.6) is 0 Å². The molecule has 1 aliphatic heterocycles. The maximum atomic E-state index is 12.3. The van der Waals surface area contributed by atoms with Crippen molar-refractivity contribution in [2.75, 3.05) is 38.0 Å². The molecule has 0 unspecified atom stereocenters. The second-order valence-electron chi connectivity index (χ2n) is 5.92. The lowest BCUT2D eigenvalue weighted by atomic mass is 10.2. The predicted octanol–water partition coefficient (Wildman–Crippen LogP) is 3.19. The van der Waals surface area contributed by atoms with Gasteiger partial charge in [-0.1, -0.05) is 23.7 Å². The highest BCUT2D eigenvalue weighted by atomic mass is 35.5. The number of rotatable bonds is 5. The normalized spacial score (nSPS) is 15.2. The highest BCUT2D eigenvalue weighted by Gasteiger charge is 2.22. The van der Waals surface area contributed by atoms with Crippen LogP contribution in [0.2, 0.25) is 5.02 Å². The largest absolute Gasteiger partial charge is 0.335 e. The van der Waals surface area contributed by atoms with E-state index in [0.29, 0.717) is 36.8 Å². The molecule has 2 aromatic rings. The number of halogens is 1. The van der Waals surface area contributed by atoms with Crippen molar-refractivity contribution < 1.29 is 9.59 Å². The average molecular weight is 378 g/mol. The van der Waals surface area contributed by atoms with Gasteiger partial charge >= 0.3 is 0 Å². The van der Waals surface area contributed by atoms with E-state index >= 15 is 0 Å². The Morgan fingerprint density at radius 1 is 1.12 bits per heavy atom. The Kier molecular flexibility index (Phi) is 6.07. The molecule has 132 valence electrons. The van der Waals surface area contributed by atoms with Gasteiger partial charge in [0.25, 0.3) is 5.91 Å². The summed E-state index contributed by atoms with van der Waals surface area (Å²) in [5.41, 5.74) is 0.712. The molecule has 3 rings (SSSR count). The monoisotopic (exact) mass is 377 g/mol. The number of anilines is 1. The maximum Gasteiger partial charge on any atom is 0.264 e. The summed E-state index contributed by atoms with van der Waals surface area (Å²) in [4.78, 5) is 29.2. The van der Waals surface area contributed by atoms with Crippen molar-refractivity contribution in [3.63, 3.8) is 0 Å². The minimum atomic E-state index is -0.0284. The second kappa shape index (κ2) is 8.47. The van der Waals surface area contributed by atoms with E-state index in [2.05, 4.69) is 10.2 Å². The van der Waals surface area contributed by atoms with Crippen LogP contribution in [0.3, 0.4) is 0 Å². The van der Waals surface area contributed by atoms with Crippen molar-refractivity contribution in [2.24, 2.45) is 0 Å². The average Bonchev–Trinajstić information content (AvgIpc) is 3.14. The van der Waals surface area contributed by atoms with Crippen LogP contribution in [0.4, 0.5) is 5.69 Å². The third kappa shape index (κ3) is 5.04. The molecule has 1 fully saturated rings. The van der Waals surface area contributed by atoms with Gasteiger partial charge in [-0.25, -0.2) is 0 Å². The number of carbonyl (C=O) groups is 2. The molecule has 0 spiro atoms. The van der Waals surface area contributed by atoms with Gasteiger partial charge in [-0.3, -0.25) is 14.5 Å². The number of hydrogen-bond acceptors (Lipinski definition) is 4. The van der Waals surface area contributed by atoms with Gasteiger partial charge in [0.15, 0.2) is 0 Å². The van der Waals surface area contributed by atoms with Gasteiger partial charge in [-0.2, -0.15) is 0 Å². The Hall–Kier alpha value is -1.89. The predicted molar refractivity (Wildman–Crippen MR) is 101 cm³/mol. The quantitative estimate of drug-likeness (QED) is 0.870. The van der Waals surface area contributed by atoms with Crippen LogP contribution in [0.25, 0.3) is 0 Å². The van der Waals surface area contributed by atoms with E-state index in [4.69, 9.17) is 11.6 Å². The van der Waals surface area contributed by atoms with Crippen molar-refractivity contribution in [3.05, 3.63) is 51.7 Å². The molecule has 0 saturated carbocycles. The third-order valence-corrected chi connectivity index (χ3v) is 5.25. The zero-order valence-corrected chi connectivity index (χ0v) is 15.4. The van der Waals surface area contributed by atoms with Crippen molar-refractivity contribution in [1.29, 1.82) is 0 Å². The van der Waals surface area contributed by atoms with Gasteiger partial charge in [0.1, 0.15) is 0 Å². The number of nitrogens with one attached hydrogen (secondary N) is 1. The Morgan fingerprint density at radius 2 is 1.92 bits per heavy atom. The summed E-state index contributed by atoms with van der Waals surface area (Å²) in [5.74, 6) is 0.0766. The first-order valence-electron chi connectivity index (χ1n) is 8.22. The van der Waals surface area contributed by atoms with Crippen molar-refractivity contribution >= 4 is 40.4 Å². The third-order valence-electron chi connectivity index (χ3n) is 4.15. The van der Waals surface area contributed by atoms with Crippen molar-refractivity contribution in [3.8, 4) is 0 Å². The molecular formula is C18H20ClN3O2S. The Bertz CT molecular complexity index is 728. The molecule has 7 heteroatoms. The number of hydrogen-bond donors (Lipinski definition) is 1. The summed E-state index contributed by atoms with van der Waals surface area (Å²) in [6.07, 6.45) is 0.422. The zero-order chi connectivity index (χ0) is 17.6. The lowest BCUT2D eigenvalue weighted by Gasteiger charge is -2.34. The molecule has 0 aliphatic carbocycles. The van der Waals surface area contributed by atoms with Crippen LogP contribution in [0.1, 0.15) is 16.1 Å². The lowest BCUT2D eigenvalue weighted by Crippen LogP contribution is -2.49. The van der Waals surface area contributed by atoms with Crippen LogP contribution >= 0.6 is 22.9 Å². The topological polar surface area (TPSA) is 52.7 Å². The molecule has 0 bridgehead atoms. The Balaban J connectivity index is 1.40. The van der Waals surface area contributed by atoms with Gasteiger partial charge in [0.2, 0.25) is 5.91 Å². The maximum absolute atomic E-state index is 12.3. The van der Waals surface area contributed by atoms with Crippen LogP contribution in [-0.4, -0.2) is 54.3 Å². The van der Waals surface area contributed by atoms with Crippen LogP contribution in [-0.2, 0) is 4.79 Å². The molecule has 1 N–H and O–H groups in total. The minimum absolute atomic E-state index is 0.0284. The molecule has 2 heterocycles. The number of nitrogens with zero attached hydrogens (tertiary/aromatic N) is 2. The molecular weight excluding hydrogens is 358 g/mol. The number of amides is 2. The summed E-state index contributed by atoms with van der Waals surface area (Å²) < 4.78 is 0. The van der Waals surface area contributed by atoms with Crippen molar-refractivity contribution in [2.45, 2.75) is 6.42 Å². The first kappa shape index (κ1) is 17.9. The zero-order valence-electron chi connectivity index (χ0n) is 13.8. The van der Waals surface area contributed by atoms with E-state index in [1.807, 2.05) is 34.5 Å². The molecule has 25 heavy (non-hydrogen) atoms. The van der Waals surface area contributed by atoms with E-state index in [-0.39, 0.29) is 11.8 Å². The van der Waals surface area contributed by atoms with E-state index in [9.17, 15) is 9.59 Å². The Labute approximate surface area is 156 Å². The van der Waals surface area contributed by atoms with Gasteiger partial charge in [0, 0.05) is 49.9 Å².